The first-order valence-electron chi connectivity index (χ1n) is 5.10. The van der Waals surface area contributed by atoms with E-state index in [1.807, 2.05) is 6.92 Å². The summed E-state index contributed by atoms with van der Waals surface area (Å²) in [6.07, 6.45) is 3.83. The Hall–Kier alpha value is -2.24. The van der Waals surface area contributed by atoms with Crippen molar-refractivity contribution in [2.45, 2.75) is 13.3 Å². The van der Waals surface area contributed by atoms with Crippen LogP contribution in [0.3, 0.4) is 0 Å². The molecule has 0 saturated heterocycles. The minimum atomic E-state index is -0.626. The van der Waals surface area contributed by atoms with E-state index in [9.17, 15) is 14.5 Å². The van der Waals surface area contributed by atoms with Crippen molar-refractivity contribution in [1.29, 1.82) is 0 Å². The predicted molar refractivity (Wildman–Crippen MR) is 59.6 cm³/mol. The van der Waals surface area contributed by atoms with E-state index in [0.29, 0.717) is 17.9 Å². The minimum Gasteiger partial charge on any atom is -0.298 e. The van der Waals surface area contributed by atoms with Gasteiger partial charge in [0.15, 0.2) is 0 Å². The summed E-state index contributed by atoms with van der Waals surface area (Å²) in [6, 6.07) is 3.49. The maximum atomic E-state index is 13.0. The maximum Gasteiger partial charge on any atom is 0.296 e. The number of hydrogen-bond acceptors (Lipinski definition) is 3. The number of halogens is 1. The molecule has 2 aromatic rings. The van der Waals surface area contributed by atoms with Gasteiger partial charge in [-0.25, -0.2) is 9.37 Å². The molecule has 6 heteroatoms. The number of imidazole rings is 1. The summed E-state index contributed by atoms with van der Waals surface area (Å²) in [5, 5.41) is 10.9. The number of aryl methyl sites for hydroxylation is 1. The predicted octanol–water partition coefficient (Wildman–Crippen LogP) is 2.48. The average Bonchev–Trinajstić information content (AvgIpc) is 2.76. The molecule has 0 aliphatic carbocycles. The Kier molecular flexibility index (Phi) is 2.86. The Labute approximate surface area is 96.7 Å². The van der Waals surface area contributed by atoms with Crippen molar-refractivity contribution in [2.24, 2.45) is 0 Å². The van der Waals surface area contributed by atoms with Crippen LogP contribution in [0.15, 0.2) is 30.6 Å². The molecule has 5 nitrogen and oxygen atoms in total. The van der Waals surface area contributed by atoms with Crippen molar-refractivity contribution in [1.82, 2.24) is 9.55 Å². The highest BCUT2D eigenvalue weighted by atomic mass is 19.1. The molecule has 1 aromatic carbocycles. The highest BCUT2D eigenvalue weighted by molar-refractivity contribution is 5.53. The summed E-state index contributed by atoms with van der Waals surface area (Å²) in [7, 11) is 0. The first kappa shape index (κ1) is 11.3. The first-order chi connectivity index (χ1) is 8.13. The molecule has 0 N–H and O–H groups in total. The van der Waals surface area contributed by atoms with Crippen molar-refractivity contribution < 1.29 is 9.31 Å². The van der Waals surface area contributed by atoms with Gasteiger partial charge in [-0.1, -0.05) is 6.92 Å². The number of rotatable bonds is 3. The highest BCUT2D eigenvalue weighted by Gasteiger charge is 2.17. The Morgan fingerprint density at radius 3 is 2.94 bits per heavy atom. The largest absolute Gasteiger partial charge is 0.298 e. The second-order valence-electron chi connectivity index (χ2n) is 3.46. The van der Waals surface area contributed by atoms with Crippen LogP contribution < -0.4 is 0 Å². The lowest BCUT2D eigenvalue weighted by Crippen LogP contribution is -2.03. The van der Waals surface area contributed by atoms with Gasteiger partial charge in [-0.15, -0.1) is 0 Å². The quantitative estimate of drug-likeness (QED) is 0.606. The van der Waals surface area contributed by atoms with E-state index in [-0.39, 0.29) is 5.69 Å². The molecule has 0 bridgehead atoms. The molecule has 0 atom stereocenters. The summed E-state index contributed by atoms with van der Waals surface area (Å²) in [5.74, 6) is 0.0679. The number of hydrogen-bond donors (Lipinski definition) is 0. The molecule has 88 valence electrons. The summed E-state index contributed by atoms with van der Waals surface area (Å²) in [5.41, 5.74) is 0.0588. The molecule has 0 radical (unpaired) electrons. The van der Waals surface area contributed by atoms with Gasteiger partial charge in [0.1, 0.15) is 17.3 Å². The summed E-state index contributed by atoms with van der Waals surface area (Å²) in [6.45, 7) is 1.90. The van der Waals surface area contributed by atoms with E-state index >= 15 is 0 Å². The van der Waals surface area contributed by atoms with Crippen LogP contribution in [-0.2, 0) is 6.42 Å². The number of nitro groups is 1. The van der Waals surface area contributed by atoms with Crippen molar-refractivity contribution >= 4 is 5.69 Å². The Morgan fingerprint density at radius 2 is 2.29 bits per heavy atom. The third kappa shape index (κ3) is 2.01. The SMILES string of the molecule is CCc1nccn1-c1ccc(F)cc1[N+](=O)[O-]. The van der Waals surface area contributed by atoms with Crippen molar-refractivity contribution in [2.75, 3.05) is 0 Å². The molecule has 1 aromatic heterocycles. The zero-order valence-electron chi connectivity index (χ0n) is 9.13. The zero-order valence-corrected chi connectivity index (χ0v) is 9.13. The zero-order chi connectivity index (χ0) is 12.4. The van der Waals surface area contributed by atoms with Gasteiger partial charge in [-0.2, -0.15) is 0 Å². The smallest absolute Gasteiger partial charge is 0.296 e. The third-order valence-electron chi connectivity index (χ3n) is 2.43. The van der Waals surface area contributed by atoms with Crippen LogP contribution in [0, 0.1) is 15.9 Å². The van der Waals surface area contributed by atoms with Crippen molar-refractivity contribution in [3.63, 3.8) is 0 Å². The molecule has 0 unspecified atom stereocenters. The van der Waals surface area contributed by atoms with Crippen molar-refractivity contribution in [3.05, 3.63) is 52.3 Å². The van der Waals surface area contributed by atoms with Crippen LogP contribution in [0.4, 0.5) is 10.1 Å². The Morgan fingerprint density at radius 1 is 1.53 bits per heavy atom. The van der Waals surface area contributed by atoms with Crippen LogP contribution in [0.25, 0.3) is 5.69 Å². The Bertz CT molecular complexity index is 566. The molecular weight excluding hydrogens is 225 g/mol. The van der Waals surface area contributed by atoms with Gasteiger partial charge >= 0.3 is 0 Å². The molecule has 17 heavy (non-hydrogen) atoms. The molecule has 2 rings (SSSR count). The maximum absolute atomic E-state index is 13.0. The lowest BCUT2D eigenvalue weighted by Gasteiger charge is -2.06. The molecule has 0 saturated carbocycles. The topological polar surface area (TPSA) is 61.0 Å². The standard InChI is InChI=1S/C11H10FN3O2/c1-2-11-13-5-6-14(11)9-4-3-8(12)7-10(9)15(16)17/h3-7H,2H2,1H3. The van der Waals surface area contributed by atoms with Gasteiger partial charge < -0.3 is 0 Å². The number of benzene rings is 1. The average molecular weight is 235 g/mol. The molecule has 0 aliphatic rings. The van der Waals surface area contributed by atoms with E-state index in [4.69, 9.17) is 0 Å². The fourth-order valence-corrected chi connectivity index (χ4v) is 1.66. The molecule has 1 heterocycles. The summed E-state index contributed by atoms with van der Waals surface area (Å²) in [4.78, 5) is 14.4. The third-order valence-corrected chi connectivity index (χ3v) is 2.43. The lowest BCUT2D eigenvalue weighted by molar-refractivity contribution is -0.384. The normalized spacial score (nSPS) is 10.5. The highest BCUT2D eigenvalue weighted by Crippen LogP contribution is 2.24. The van der Waals surface area contributed by atoms with Crippen LogP contribution in [0.2, 0.25) is 0 Å². The second-order valence-corrected chi connectivity index (χ2v) is 3.46. The molecule has 0 amide bonds. The summed E-state index contributed by atoms with van der Waals surface area (Å²) >= 11 is 0. The van der Waals surface area contributed by atoms with Gasteiger partial charge in [0, 0.05) is 18.8 Å². The van der Waals surface area contributed by atoms with Gasteiger partial charge in [0.05, 0.1) is 11.0 Å². The van der Waals surface area contributed by atoms with Gasteiger partial charge in [0.2, 0.25) is 0 Å². The van der Waals surface area contributed by atoms with Crippen LogP contribution in [0.1, 0.15) is 12.7 Å². The van der Waals surface area contributed by atoms with Gasteiger partial charge in [0.25, 0.3) is 5.69 Å². The van der Waals surface area contributed by atoms with E-state index < -0.39 is 10.7 Å². The van der Waals surface area contributed by atoms with E-state index in [2.05, 4.69) is 4.98 Å². The molecular formula is C11H10FN3O2. The van der Waals surface area contributed by atoms with Crippen LogP contribution >= 0.6 is 0 Å². The van der Waals surface area contributed by atoms with E-state index in [1.165, 1.54) is 12.1 Å². The number of aromatic nitrogens is 2. The van der Waals surface area contributed by atoms with Gasteiger partial charge in [-0.3, -0.25) is 14.7 Å². The molecule has 0 spiro atoms. The van der Waals surface area contributed by atoms with Gasteiger partial charge in [-0.05, 0) is 12.1 Å². The fraction of sp³-hybridized carbons (Fsp3) is 0.182. The monoisotopic (exact) mass is 235 g/mol. The number of nitrogens with zero attached hydrogens (tertiary/aromatic N) is 3. The first-order valence-corrected chi connectivity index (χ1v) is 5.10. The summed E-state index contributed by atoms with van der Waals surface area (Å²) < 4.78 is 14.6. The lowest BCUT2D eigenvalue weighted by atomic mass is 10.2. The minimum absolute atomic E-state index is 0.266. The molecule has 0 fully saturated rings. The Balaban J connectivity index is 2.63. The van der Waals surface area contributed by atoms with Crippen LogP contribution in [-0.4, -0.2) is 14.5 Å². The fourth-order valence-electron chi connectivity index (χ4n) is 1.66. The second kappa shape index (κ2) is 4.32. The molecule has 0 aliphatic heterocycles. The van der Waals surface area contributed by atoms with E-state index in [1.54, 1.807) is 17.0 Å². The van der Waals surface area contributed by atoms with Crippen molar-refractivity contribution in [3.8, 4) is 5.69 Å². The van der Waals surface area contributed by atoms with Crippen LogP contribution in [0.5, 0.6) is 0 Å². The number of nitro benzene ring substituents is 1. The van der Waals surface area contributed by atoms with E-state index in [0.717, 1.165) is 6.07 Å².